The maximum atomic E-state index is 13.9. The van der Waals surface area contributed by atoms with Crippen LogP contribution in [-0.2, 0) is 10.0 Å². The summed E-state index contributed by atoms with van der Waals surface area (Å²) in [5.74, 6) is -0.308. The first-order valence-corrected chi connectivity index (χ1v) is 8.36. The first-order valence-electron chi connectivity index (χ1n) is 6.88. The molecule has 2 heterocycles. The van der Waals surface area contributed by atoms with Crippen molar-refractivity contribution in [2.24, 2.45) is 0 Å². The summed E-state index contributed by atoms with van der Waals surface area (Å²) in [5, 5.41) is 3.38. The molecule has 0 aliphatic carbocycles. The molecule has 3 rings (SSSR count). The minimum atomic E-state index is -4.17. The number of nitrogens with zero attached hydrogens (tertiary/aromatic N) is 4. The summed E-state index contributed by atoms with van der Waals surface area (Å²) >= 11 is 0. The lowest BCUT2D eigenvalue weighted by Crippen LogP contribution is -2.16. The van der Waals surface area contributed by atoms with Gasteiger partial charge in [0.05, 0.1) is 12.8 Å². The van der Waals surface area contributed by atoms with E-state index in [9.17, 15) is 12.8 Å². The number of aromatic nitrogens is 4. The summed E-state index contributed by atoms with van der Waals surface area (Å²) in [5.41, 5.74) is 0.966. The zero-order chi connectivity index (χ0) is 17.5. The quantitative estimate of drug-likeness (QED) is 0.768. The van der Waals surface area contributed by atoms with E-state index in [4.69, 9.17) is 4.74 Å². The van der Waals surface area contributed by atoms with Crippen LogP contribution < -0.4 is 9.46 Å². The smallest absolute Gasteiger partial charge is 0.299 e. The van der Waals surface area contributed by atoms with Crippen LogP contribution in [0.2, 0.25) is 0 Å². The van der Waals surface area contributed by atoms with Crippen LogP contribution in [0.15, 0.2) is 29.6 Å². The standard InChI is InChI=1S/C14H14FN5O3S/c1-8-5-4-6-10(15)11(8)19-24(21,22)14-17-13-16-12(23-3)9(2)7-20(13)18-14/h4-7,19H,1-3H3. The van der Waals surface area contributed by atoms with E-state index in [0.717, 1.165) is 6.07 Å². The number of nitrogens with one attached hydrogen (secondary N) is 1. The SMILES string of the molecule is COc1nc2nc(S(=O)(=O)Nc3c(C)cccc3F)nn2cc1C. The molecule has 0 saturated heterocycles. The largest absolute Gasteiger partial charge is 0.481 e. The second-order valence-corrected chi connectivity index (χ2v) is 6.69. The number of aryl methyl sites for hydroxylation is 2. The minimum absolute atomic E-state index is 0.0584. The van der Waals surface area contributed by atoms with Gasteiger partial charge in [-0.25, -0.2) is 8.91 Å². The van der Waals surface area contributed by atoms with E-state index in [2.05, 4.69) is 19.8 Å². The van der Waals surface area contributed by atoms with Gasteiger partial charge in [0.1, 0.15) is 5.82 Å². The molecule has 1 N–H and O–H groups in total. The molecule has 0 spiro atoms. The summed E-state index contributed by atoms with van der Waals surface area (Å²) < 4.78 is 47.2. The van der Waals surface area contributed by atoms with Gasteiger partial charge in [-0.2, -0.15) is 18.4 Å². The van der Waals surface area contributed by atoms with Crippen molar-refractivity contribution in [2.45, 2.75) is 19.0 Å². The highest BCUT2D eigenvalue weighted by molar-refractivity contribution is 7.92. The number of hydrogen-bond donors (Lipinski definition) is 1. The lowest BCUT2D eigenvalue weighted by atomic mass is 10.2. The molecule has 0 saturated carbocycles. The van der Waals surface area contributed by atoms with Crippen LogP contribution in [0.4, 0.5) is 10.1 Å². The van der Waals surface area contributed by atoms with E-state index < -0.39 is 21.0 Å². The van der Waals surface area contributed by atoms with Crippen LogP contribution in [0.5, 0.6) is 5.88 Å². The first-order chi connectivity index (χ1) is 11.3. The molecular formula is C14H14FN5O3S. The van der Waals surface area contributed by atoms with E-state index in [1.165, 1.54) is 17.7 Å². The minimum Gasteiger partial charge on any atom is -0.481 e. The number of para-hydroxylation sites is 1. The Labute approximate surface area is 137 Å². The van der Waals surface area contributed by atoms with Crippen LogP contribution in [0, 0.1) is 19.7 Å². The molecule has 0 atom stereocenters. The number of rotatable bonds is 4. The number of anilines is 1. The molecule has 126 valence electrons. The lowest BCUT2D eigenvalue weighted by Gasteiger charge is -2.08. The van der Waals surface area contributed by atoms with Gasteiger partial charge in [-0.05, 0) is 25.5 Å². The van der Waals surface area contributed by atoms with Crippen LogP contribution in [-0.4, -0.2) is 35.1 Å². The van der Waals surface area contributed by atoms with Gasteiger partial charge in [-0.15, -0.1) is 5.10 Å². The summed E-state index contributed by atoms with van der Waals surface area (Å²) in [4.78, 5) is 7.95. The Kier molecular flexibility index (Phi) is 3.84. The number of hydrogen-bond acceptors (Lipinski definition) is 6. The second kappa shape index (κ2) is 5.71. The molecule has 24 heavy (non-hydrogen) atoms. The Morgan fingerprint density at radius 3 is 2.62 bits per heavy atom. The number of halogens is 1. The summed E-state index contributed by atoms with van der Waals surface area (Å²) in [6.45, 7) is 3.33. The third kappa shape index (κ3) is 2.75. The highest BCUT2D eigenvalue weighted by Gasteiger charge is 2.23. The van der Waals surface area contributed by atoms with Gasteiger partial charge in [0.15, 0.2) is 0 Å². The van der Waals surface area contributed by atoms with Crippen LogP contribution >= 0.6 is 0 Å². The number of benzene rings is 1. The van der Waals surface area contributed by atoms with Crippen molar-refractivity contribution in [3.05, 3.63) is 41.3 Å². The van der Waals surface area contributed by atoms with E-state index >= 15 is 0 Å². The third-order valence-electron chi connectivity index (χ3n) is 3.34. The Bertz CT molecular complexity index is 1010. The third-order valence-corrected chi connectivity index (χ3v) is 4.47. The zero-order valence-electron chi connectivity index (χ0n) is 13.1. The molecule has 1 aromatic carbocycles. The molecule has 10 heteroatoms. The highest BCUT2D eigenvalue weighted by atomic mass is 32.2. The summed E-state index contributed by atoms with van der Waals surface area (Å²) in [6, 6.07) is 4.25. The number of methoxy groups -OCH3 is 1. The summed E-state index contributed by atoms with van der Waals surface area (Å²) in [7, 11) is -2.72. The fraction of sp³-hybridized carbons (Fsp3) is 0.214. The fourth-order valence-corrected chi connectivity index (χ4v) is 3.15. The zero-order valence-corrected chi connectivity index (χ0v) is 13.9. The summed E-state index contributed by atoms with van der Waals surface area (Å²) in [6.07, 6.45) is 1.54. The molecule has 0 aliphatic heterocycles. The predicted octanol–water partition coefficient (Wildman–Crippen LogP) is 1.69. The molecule has 0 unspecified atom stereocenters. The monoisotopic (exact) mass is 351 g/mol. The van der Waals surface area contributed by atoms with Gasteiger partial charge in [-0.1, -0.05) is 12.1 Å². The molecule has 0 amide bonds. The van der Waals surface area contributed by atoms with Gasteiger partial charge < -0.3 is 4.74 Å². The van der Waals surface area contributed by atoms with Crippen molar-refractivity contribution < 1.29 is 17.5 Å². The van der Waals surface area contributed by atoms with Gasteiger partial charge in [0.25, 0.3) is 21.0 Å². The molecule has 0 radical (unpaired) electrons. The van der Waals surface area contributed by atoms with E-state index in [1.807, 2.05) is 0 Å². The van der Waals surface area contributed by atoms with Gasteiger partial charge in [-0.3, -0.25) is 4.72 Å². The van der Waals surface area contributed by atoms with Crippen molar-refractivity contribution in [2.75, 3.05) is 11.8 Å². The average molecular weight is 351 g/mol. The Morgan fingerprint density at radius 2 is 1.96 bits per heavy atom. The van der Waals surface area contributed by atoms with Crippen molar-refractivity contribution in [3.8, 4) is 5.88 Å². The average Bonchev–Trinajstić information content (AvgIpc) is 2.94. The van der Waals surface area contributed by atoms with Crippen molar-refractivity contribution >= 4 is 21.5 Å². The Hall–Kier alpha value is -2.75. The van der Waals surface area contributed by atoms with Crippen LogP contribution in [0.3, 0.4) is 0 Å². The van der Waals surface area contributed by atoms with Crippen molar-refractivity contribution in [3.63, 3.8) is 0 Å². The maximum Gasteiger partial charge on any atom is 0.299 e. The second-order valence-electron chi connectivity index (χ2n) is 5.11. The molecular weight excluding hydrogens is 337 g/mol. The van der Waals surface area contributed by atoms with Gasteiger partial charge in [0.2, 0.25) is 5.88 Å². The highest BCUT2D eigenvalue weighted by Crippen LogP contribution is 2.22. The van der Waals surface area contributed by atoms with Gasteiger partial charge in [0, 0.05) is 11.8 Å². The van der Waals surface area contributed by atoms with Crippen molar-refractivity contribution in [1.82, 2.24) is 19.6 Å². The normalized spacial score (nSPS) is 11.7. The Morgan fingerprint density at radius 1 is 1.21 bits per heavy atom. The number of fused-ring (bicyclic) bond motifs is 1. The molecule has 2 aromatic heterocycles. The number of ether oxygens (including phenoxy) is 1. The van der Waals surface area contributed by atoms with E-state index in [-0.39, 0.29) is 11.5 Å². The van der Waals surface area contributed by atoms with Gasteiger partial charge >= 0.3 is 0 Å². The maximum absolute atomic E-state index is 13.9. The van der Waals surface area contributed by atoms with Crippen LogP contribution in [0.1, 0.15) is 11.1 Å². The topological polar surface area (TPSA) is 98.5 Å². The molecule has 8 nitrogen and oxygen atoms in total. The van der Waals surface area contributed by atoms with Crippen molar-refractivity contribution in [1.29, 1.82) is 0 Å². The predicted molar refractivity (Wildman–Crippen MR) is 84.0 cm³/mol. The van der Waals surface area contributed by atoms with Crippen LogP contribution in [0.25, 0.3) is 5.78 Å². The molecule has 0 fully saturated rings. The fourth-order valence-electron chi connectivity index (χ4n) is 2.14. The lowest BCUT2D eigenvalue weighted by molar-refractivity contribution is 0.394. The first kappa shape index (κ1) is 16.1. The molecule has 0 bridgehead atoms. The van der Waals surface area contributed by atoms with E-state index in [1.54, 1.807) is 26.1 Å². The number of sulfonamides is 1. The molecule has 0 aliphatic rings. The van der Waals surface area contributed by atoms with E-state index in [0.29, 0.717) is 17.0 Å². The molecule has 3 aromatic rings. The Balaban J connectivity index is 2.05.